The van der Waals surface area contributed by atoms with Gasteiger partial charge in [0.1, 0.15) is 6.04 Å². The van der Waals surface area contributed by atoms with E-state index >= 15 is 0 Å². The van der Waals surface area contributed by atoms with Crippen LogP contribution in [0.4, 0.5) is 0 Å². The Balaban J connectivity index is 0.00000308. The molecule has 222 valence electrons. The van der Waals surface area contributed by atoms with Crippen LogP contribution in [0.15, 0.2) is 12.7 Å². The van der Waals surface area contributed by atoms with E-state index < -0.39 is 0 Å². The third-order valence-electron chi connectivity index (χ3n) is 13.1. The molecule has 0 spiro atoms. The monoisotopic (exact) mass is 609 g/mol. The molecule has 0 amide bonds. The summed E-state index contributed by atoms with van der Waals surface area (Å²) in [5.74, 6) is 2.54. The van der Waals surface area contributed by atoms with Gasteiger partial charge in [0.05, 0.1) is 39.0 Å². The van der Waals surface area contributed by atoms with Crippen molar-refractivity contribution in [2.75, 3.05) is 45.9 Å². The Bertz CT molecular complexity index is 905. The van der Waals surface area contributed by atoms with Gasteiger partial charge in [0.25, 0.3) is 0 Å². The Labute approximate surface area is 247 Å². The Morgan fingerprint density at radius 3 is 2.49 bits per heavy atom. The van der Waals surface area contributed by atoms with Gasteiger partial charge in [-0.1, -0.05) is 20.4 Å². The zero-order valence-corrected chi connectivity index (χ0v) is 26.4. The number of nitrogens with zero attached hydrogens (tertiary/aromatic N) is 2. The van der Waals surface area contributed by atoms with E-state index in [4.69, 9.17) is 9.47 Å². The van der Waals surface area contributed by atoms with Crippen molar-refractivity contribution in [1.82, 2.24) is 4.90 Å². The van der Waals surface area contributed by atoms with Crippen molar-refractivity contribution in [2.24, 2.45) is 34.5 Å². The minimum atomic E-state index is -0.209. The molecule has 0 radical (unpaired) electrons. The fourth-order valence-corrected chi connectivity index (χ4v) is 11.3. The lowest BCUT2D eigenvalue weighted by Gasteiger charge is -2.62. The van der Waals surface area contributed by atoms with Crippen LogP contribution in [-0.4, -0.2) is 90.7 Å². The number of rotatable bonds is 5. The van der Waals surface area contributed by atoms with E-state index in [1.165, 1.54) is 51.6 Å². The van der Waals surface area contributed by atoms with E-state index in [2.05, 4.69) is 31.4 Å². The van der Waals surface area contributed by atoms with Crippen LogP contribution in [0.5, 0.6) is 0 Å². The molecular formula is C32H54BrN2O4+. The number of esters is 1. The smallest absolute Gasteiger partial charge is 0.303 e. The lowest BCUT2D eigenvalue weighted by molar-refractivity contribution is -0.937. The van der Waals surface area contributed by atoms with Crippen molar-refractivity contribution in [3.8, 4) is 0 Å². The number of carbonyl (C=O) groups excluding carboxylic acids is 1. The van der Waals surface area contributed by atoms with E-state index in [-0.39, 0.29) is 52.0 Å². The largest absolute Gasteiger partial charge is 0.456 e. The highest BCUT2D eigenvalue weighted by Crippen LogP contribution is 2.67. The van der Waals surface area contributed by atoms with Crippen LogP contribution in [0.2, 0.25) is 0 Å². The summed E-state index contributed by atoms with van der Waals surface area (Å²) in [6, 6.07) is 0.663. The van der Waals surface area contributed by atoms with Crippen molar-refractivity contribution < 1.29 is 23.9 Å². The molecular weight excluding hydrogens is 556 g/mol. The average molecular weight is 611 g/mol. The molecule has 0 bridgehead atoms. The predicted molar refractivity (Wildman–Crippen MR) is 159 cm³/mol. The van der Waals surface area contributed by atoms with E-state index in [1.807, 2.05) is 0 Å². The number of hydrogen-bond donors (Lipinski definition) is 1. The summed E-state index contributed by atoms with van der Waals surface area (Å²) < 4.78 is 13.1. The van der Waals surface area contributed by atoms with E-state index in [0.29, 0.717) is 29.7 Å². The molecule has 0 aromatic rings. The molecule has 3 unspecified atom stereocenters. The number of likely N-dealkylation sites (tertiary alicyclic amines) is 1. The number of ether oxygens (including phenoxy) is 2. The summed E-state index contributed by atoms with van der Waals surface area (Å²) in [5.41, 5.74) is 0.343. The zero-order chi connectivity index (χ0) is 26.7. The maximum atomic E-state index is 12.5. The van der Waals surface area contributed by atoms with Crippen LogP contribution < -0.4 is 0 Å². The Morgan fingerprint density at radius 1 is 1.10 bits per heavy atom. The second-order valence-corrected chi connectivity index (χ2v) is 14.6. The fraction of sp³-hybridized carbons (Fsp3) is 0.906. The van der Waals surface area contributed by atoms with Crippen LogP contribution in [0.25, 0.3) is 0 Å². The first-order chi connectivity index (χ1) is 18.2. The molecule has 6 rings (SSSR count). The highest BCUT2D eigenvalue weighted by Gasteiger charge is 2.67. The molecule has 0 aromatic carbocycles. The molecule has 39 heavy (non-hydrogen) atoms. The number of quaternary nitrogens is 1. The summed E-state index contributed by atoms with van der Waals surface area (Å²) in [7, 11) is 0. The predicted octanol–water partition coefficient (Wildman–Crippen LogP) is 4.99. The summed E-state index contributed by atoms with van der Waals surface area (Å²) >= 11 is 0. The topological polar surface area (TPSA) is 59.0 Å². The van der Waals surface area contributed by atoms with Gasteiger partial charge in [0.15, 0.2) is 6.10 Å². The maximum absolute atomic E-state index is 12.5. The van der Waals surface area contributed by atoms with E-state index in [9.17, 15) is 9.90 Å². The zero-order valence-electron chi connectivity index (χ0n) is 24.7. The Kier molecular flexibility index (Phi) is 8.70. The lowest BCUT2D eigenvalue weighted by Crippen LogP contribution is -2.61. The first kappa shape index (κ1) is 30.0. The minimum absolute atomic E-state index is 0. The molecule has 6 nitrogen and oxygen atoms in total. The van der Waals surface area contributed by atoms with Gasteiger partial charge < -0.3 is 19.1 Å². The van der Waals surface area contributed by atoms with Crippen LogP contribution in [0.3, 0.4) is 0 Å². The molecule has 7 heteroatoms. The van der Waals surface area contributed by atoms with Gasteiger partial charge in [-0.15, -0.1) is 17.0 Å². The molecule has 2 aliphatic heterocycles. The maximum Gasteiger partial charge on any atom is 0.303 e. The highest BCUT2D eigenvalue weighted by atomic mass is 79.9. The van der Waals surface area contributed by atoms with Crippen molar-refractivity contribution in [1.29, 1.82) is 0 Å². The van der Waals surface area contributed by atoms with Gasteiger partial charge in [-0.3, -0.25) is 9.69 Å². The third kappa shape index (κ3) is 4.88. The number of carbonyl (C=O) groups is 1. The first-order valence-electron chi connectivity index (χ1n) is 15.9. The molecule has 10 atom stereocenters. The van der Waals surface area contributed by atoms with Crippen LogP contribution >= 0.6 is 17.0 Å². The summed E-state index contributed by atoms with van der Waals surface area (Å²) in [6.45, 7) is 17.7. The normalized spacial score (nSPS) is 47.3. The Hall–Kier alpha value is -0.470. The minimum Gasteiger partial charge on any atom is -0.456 e. The second kappa shape index (κ2) is 11.3. The lowest BCUT2D eigenvalue weighted by atomic mass is 9.44. The Morgan fingerprint density at radius 2 is 1.82 bits per heavy atom. The molecule has 4 aliphatic carbocycles. The standard InChI is InChI=1S/C32H53N2O4.BrH/c1-5-14-34(15-6-7-16-34)28-20-26-24-9-8-23-19-29(36)27(33-12-17-37-18-13-33)21-32(23,4)25(24)10-11-31(26,3)30(28)38-22(2)35;/h5,23-30,36H,1,6-21H2,2-4H3;1H/q+1;/t23-,24?,25?,26?,27-,28-,29-,30-,31-,32-;/m0./s1. The van der Waals surface area contributed by atoms with Gasteiger partial charge in [0, 0.05) is 50.7 Å². The van der Waals surface area contributed by atoms with Gasteiger partial charge >= 0.3 is 5.97 Å². The van der Waals surface area contributed by atoms with Gasteiger partial charge in [0.2, 0.25) is 0 Å². The number of halogens is 1. The highest BCUT2D eigenvalue weighted by molar-refractivity contribution is 8.93. The van der Waals surface area contributed by atoms with Crippen LogP contribution in [0.1, 0.15) is 78.6 Å². The molecule has 1 N–H and O–H groups in total. The molecule has 2 heterocycles. The van der Waals surface area contributed by atoms with E-state index in [1.54, 1.807) is 6.92 Å². The number of fused-ring (bicyclic) bond motifs is 5. The number of aliphatic hydroxyl groups excluding tert-OH is 1. The van der Waals surface area contributed by atoms with Crippen molar-refractivity contribution in [2.45, 2.75) is 103 Å². The molecule has 0 aromatic heterocycles. The number of morpholine rings is 1. The van der Waals surface area contributed by atoms with Crippen molar-refractivity contribution in [3.63, 3.8) is 0 Å². The van der Waals surface area contributed by atoms with Gasteiger partial charge in [-0.25, -0.2) is 0 Å². The average Bonchev–Trinajstić information content (AvgIpc) is 3.48. The summed E-state index contributed by atoms with van der Waals surface area (Å²) in [5, 5.41) is 11.3. The van der Waals surface area contributed by atoms with Crippen LogP contribution in [0, 0.1) is 34.5 Å². The van der Waals surface area contributed by atoms with Crippen LogP contribution in [-0.2, 0) is 14.3 Å². The quantitative estimate of drug-likeness (QED) is 0.270. The number of hydrogen-bond acceptors (Lipinski definition) is 5. The SMILES string of the molecule is Br.C=CC[N+]1([C@H]2CC3C4CC[C@H]5C[C@H](O)[C@@H](N6CCOCC6)C[C@]5(C)C4CC[C@]3(C)[C@H]2OC(C)=O)CCCC1. The molecule has 4 saturated carbocycles. The second-order valence-electron chi connectivity index (χ2n) is 14.6. The molecule has 6 fully saturated rings. The van der Waals surface area contributed by atoms with Gasteiger partial charge in [-0.2, -0.15) is 0 Å². The first-order valence-corrected chi connectivity index (χ1v) is 15.9. The third-order valence-corrected chi connectivity index (χ3v) is 13.1. The van der Waals surface area contributed by atoms with E-state index in [0.717, 1.165) is 56.6 Å². The summed E-state index contributed by atoms with van der Waals surface area (Å²) in [4.78, 5) is 15.0. The van der Waals surface area contributed by atoms with Crippen molar-refractivity contribution >= 4 is 23.0 Å². The number of aliphatic hydroxyl groups is 1. The fourth-order valence-electron chi connectivity index (χ4n) is 11.3. The molecule has 6 aliphatic rings. The van der Waals surface area contributed by atoms with Gasteiger partial charge in [-0.05, 0) is 73.7 Å². The molecule has 2 saturated heterocycles. The van der Waals surface area contributed by atoms with Crippen molar-refractivity contribution in [3.05, 3.63) is 12.7 Å². The summed E-state index contributed by atoms with van der Waals surface area (Å²) in [6.07, 6.45) is 12.7.